The van der Waals surface area contributed by atoms with Crippen molar-refractivity contribution in [1.82, 2.24) is 30.3 Å². The van der Waals surface area contributed by atoms with Gasteiger partial charge in [0, 0.05) is 23.7 Å². The van der Waals surface area contributed by atoms with Gasteiger partial charge in [0.1, 0.15) is 11.4 Å². The van der Waals surface area contributed by atoms with Crippen LogP contribution in [0.15, 0.2) is 18.5 Å². The standard InChI is InChI=1S/C12H9ClN6O/c13-8-9(18-19-4-3-15-12(20)10(8)19)6-1-2-14-11-7(6)5-16-17-11/h1-2,5H,3-4H2,(H,15,20)(H,14,16,17). The quantitative estimate of drug-likeness (QED) is 0.704. The molecule has 0 aliphatic carbocycles. The predicted octanol–water partition coefficient (Wildman–Crippen LogP) is 1.22. The first-order valence-corrected chi connectivity index (χ1v) is 6.46. The average Bonchev–Trinajstić information content (AvgIpc) is 3.04. The molecule has 0 aromatic carbocycles. The molecule has 0 unspecified atom stereocenters. The molecule has 4 rings (SSSR count). The number of H-pyrrole nitrogens is 1. The van der Waals surface area contributed by atoms with Crippen LogP contribution in [0.2, 0.25) is 5.02 Å². The van der Waals surface area contributed by atoms with Crippen molar-refractivity contribution in [2.75, 3.05) is 6.54 Å². The molecule has 1 aliphatic heterocycles. The molecule has 0 radical (unpaired) electrons. The molecule has 0 saturated heterocycles. The fraction of sp³-hybridized carbons (Fsp3) is 0.167. The van der Waals surface area contributed by atoms with Gasteiger partial charge >= 0.3 is 0 Å². The van der Waals surface area contributed by atoms with Crippen molar-refractivity contribution in [3.8, 4) is 11.3 Å². The van der Waals surface area contributed by atoms with Crippen molar-refractivity contribution < 1.29 is 4.79 Å². The number of nitrogens with one attached hydrogen (secondary N) is 2. The second-order valence-corrected chi connectivity index (χ2v) is 4.86. The molecule has 2 N–H and O–H groups in total. The van der Waals surface area contributed by atoms with Gasteiger partial charge in [0.15, 0.2) is 5.65 Å². The van der Waals surface area contributed by atoms with E-state index in [1.54, 1.807) is 17.1 Å². The third-order valence-electron chi connectivity index (χ3n) is 3.33. The Bertz CT molecular complexity index is 836. The molecule has 0 atom stereocenters. The Balaban J connectivity index is 2.00. The maximum atomic E-state index is 11.9. The number of carbonyl (C=O) groups excluding carboxylic acids is 1. The Labute approximate surface area is 117 Å². The summed E-state index contributed by atoms with van der Waals surface area (Å²) in [6.07, 6.45) is 3.33. The summed E-state index contributed by atoms with van der Waals surface area (Å²) >= 11 is 6.34. The number of amides is 1. The molecule has 1 amide bonds. The molecule has 8 heteroatoms. The molecule has 20 heavy (non-hydrogen) atoms. The van der Waals surface area contributed by atoms with E-state index in [4.69, 9.17) is 11.6 Å². The van der Waals surface area contributed by atoms with E-state index < -0.39 is 0 Å². The van der Waals surface area contributed by atoms with Crippen molar-refractivity contribution in [2.45, 2.75) is 6.54 Å². The van der Waals surface area contributed by atoms with Crippen LogP contribution in [0.1, 0.15) is 10.5 Å². The highest BCUT2D eigenvalue weighted by atomic mass is 35.5. The van der Waals surface area contributed by atoms with Crippen molar-refractivity contribution in [2.24, 2.45) is 0 Å². The van der Waals surface area contributed by atoms with Crippen LogP contribution >= 0.6 is 11.6 Å². The minimum atomic E-state index is -0.197. The summed E-state index contributed by atoms with van der Waals surface area (Å²) in [7, 11) is 0. The zero-order valence-corrected chi connectivity index (χ0v) is 11.0. The maximum Gasteiger partial charge on any atom is 0.271 e. The Morgan fingerprint density at radius 2 is 2.30 bits per heavy atom. The molecule has 0 fully saturated rings. The van der Waals surface area contributed by atoms with Gasteiger partial charge in [-0.25, -0.2) is 4.98 Å². The van der Waals surface area contributed by atoms with Gasteiger partial charge in [-0.3, -0.25) is 14.6 Å². The van der Waals surface area contributed by atoms with E-state index in [0.29, 0.717) is 35.1 Å². The molecular weight excluding hydrogens is 280 g/mol. The Morgan fingerprint density at radius 1 is 1.40 bits per heavy atom. The minimum absolute atomic E-state index is 0.197. The number of fused-ring (bicyclic) bond motifs is 2. The fourth-order valence-corrected chi connectivity index (χ4v) is 2.73. The topological polar surface area (TPSA) is 88.5 Å². The Morgan fingerprint density at radius 3 is 3.15 bits per heavy atom. The van der Waals surface area contributed by atoms with Gasteiger partial charge in [-0.2, -0.15) is 10.2 Å². The Hall–Kier alpha value is -2.41. The van der Waals surface area contributed by atoms with Gasteiger partial charge in [0.05, 0.1) is 17.8 Å². The maximum absolute atomic E-state index is 11.9. The second kappa shape index (κ2) is 4.04. The van der Waals surface area contributed by atoms with Crippen molar-refractivity contribution in [3.05, 3.63) is 29.2 Å². The molecular formula is C12H9ClN6O. The van der Waals surface area contributed by atoms with Crippen LogP contribution in [0.4, 0.5) is 0 Å². The van der Waals surface area contributed by atoms with E-state index >= 15 is 0 Å². The number of pyridine rings is 1. The van der Waals surface area contributed by atoms with Crippen LogP contribution in [0.25, 0.3) is 22.3 Å². The molecule has 0 spiro atoms. The lowest BCUT2D eigenvalue weighted by Crippen LogP contribution is -2.35. The number of hydrogen-bond acceptors (Lipinski definition) is 4. The SMILES string of the molecule is O=C1NCCn2nc(-c3ccnc4[nH]ncc34)c(Cl)c21. The van der Waals surface area contributed by atoms with E-state index in [2.05, 4.69) is 25.6 Å². The summed E-state index contributed by atoms with van der Waals surface area (Å²) in [4.78, 5) is 16.1. The molecule has 4 heterocycles. The summed E-state index contributed by atoms with van der Waals surface area (Å²) in [5, 5.41) is 15.2. The Kier molecular flexibility index (Phi) is 2.31. The predicted molar refractivity (Wildman–Crippen MR) is 72.5 cm³/mol. The van der Waals surface area contributed by atoms with Gasteiger partial charge in [-0.1, -0.05) is 11.6 Å². The lowest BCUT2D eigenvalue weighted by Gasteiger charge is -2.13. The normalized spacial score (nSPS) is 14.3. The van der Waals surface area contributed by atoms with Crippen LogP contribution in [-0.4, -0.2) is 37.4 Å². The van der Waals surface area contributed by atoms with Gasteiger partial charge in [-0.15, -0.1) is 0 Å². The largest absolute Gasteiger partial charge is 0.349 e. The highest BCUT2D eigenvalue weighted by molar-refractivity contribution is 6.36. The first-order valence-electron chi connectivity index (χ1n) is 6.08. The van der Waals surface area contributed by atoms with Crippen molar-refractivity contribution in [1.29, 1.82) is 0 Å². The summed E-state index contributed by atoms with van der Waals surface area (Å²) < 4.78 is 1.64. The van der Waals surface area contributed by atoms with E-state index in [1.807, 2.05) is 6.07 Å². The van der Waals surface area contributed by atoms with E-state index in [1.165, 1.54) is 0 Å². The molecule has 100 valence electrons. The van der Waals surface area contributed by atoms with E-state index in [9.17, 15) is 4.79 Å². The number of carbonyl (C=O) groups is 1. The monoisotopic (exact) mass is 288 g/mol. The van der Waals surface area contributed by atoms with Crippen molar-refractivity contribution >= 4 is 28.5 Å². The van der Waals surface area contributed by atoms with E-state index in [-0.39, 0.29) is 5.91 Å². The molecule has 0 bridgehead atoms. The number of rotatable bonds is 1. The van der Waals surface area contributed by atoms with Crippen molar-refractivity contribution in [3.63, 3.8) is 0 Å². The van der Waals surface area contributed by atoms with Crippen LogP contribution in [0.5, 0.6) is 0 Å². The highest BCUT2D eigenvalue weighted by Crippen LogP contribution is 2.34. The zero-order chi connectivity index (χ0) is 13.7. The summed E-state index contributed by atoms with van der Waals surface area (Å²) in [5.41, 5.74) is 2.45. The van der Waals surface area contributed by atoms with Gasteiger partial charge in [0.25, 0.3) is 5.91 Å². The first kappa shape index (κ1) is 11.4. The number of aromatic amines is 1. The molecule has 1 aliphatic rings. The lowest BCUT2D eigenvalue weighted by molar-refractivity contribution is 0.0924. The van der Waals surface area contributed by atoms with Crippen LogP contribution in [0.3, 0.4) is 0 Å². The first-order chi connectivity index (χ1) is 9.75. The highest BCUT2D eigenvalue weighted by Gasteiger charge is 2.26. The third kappa shape index (κ3) is 1.47. The van der Waals surface area contributed by atoms with E-state index in [0.717, 1.165) is 10.9 Å². The summed E-state index contributed by atoms with van der Waals surface area (Å²) in [6.45, 7) is 1.17. The van der Waals surface area contributed by atoms with Crippen LogP contribution in [0, 0.1) is 0 Å². The molecule has 3 aromatic rings. The average molecular weight is 289 g/mol. The van der Waals surface area contributed by atoms with Crippen LogP contribution < -0.4 is 5.32 Å². The fourth-order valence-electron chi connectivity index (χ4n) is 2.41. The molecule has 3 aromatic heterocycles. The smallest absolute Gasteiger partial charge is 0.271 e. The second-order valence-electron chi connectivity index (χ2n) is 4.48. The molecule has 0 saturated carbocycles. The third-order valence-corrected chi connectivity index (χ3v) is 3.69. The number of aromatic nitrogens is 5. The molecule has 7 nitrogen and oxygen atoms in total. The summed E-state index contributed by atoms with van der Waals surface area (Å²) in [6, 6.07) is 1.82. The zero-order valence-electron chi connectivity index (χ0n) is 10.2. The van der Waals surface area contributed by atoms with Gasteiger partial charge in [-0.05, 0) is 6.07 Å². The lowest BCUT2D eigenvalue weighted by atomic mass is 10.1. The number of nitrogens with zero attached hydrogens (tertiary/aromatic N) is 4. The van der Waals surface area contributed by atoms with Gasteiger partial charge in [0.2, 0.25) is 0 Å². The van der Waals surface area contributed by atoms with Crippen LogP contribution in [-0.2, 0) is 6.54 Å². The summed E-state index contributed by atoms with van der Waals surface area (Å²) in [5.74, 6) is -0.197. The number of halogens is 1. The number of hydrogen-bond donors (Lipinski definition) is 2. The van der Waals surface area contributed by atoms with Gasteiger partial charge < -0.3 is 5.32 Å². The minimum Gasteiger partial charge on any atom is -0.349 e.